The highest BCUT2D eigenvalue weighted by Crippen LogP contribution is 2.01. The summed E-state index contributed by atoms with van der Waals surface area (Å²) < 4.78 is 0. The number of aryl methyl sites for hydroxylation is 1. The fourth-order valence-corrected chi connectivity index (χ4v) is 1.64. The predicted octanol–water partition coefficient (Wildman–Crippen LogP) is 2.86. The van der Waals surface area contributed by atoms with E-state index in [9.17, 15) is 0 Å². The molecule has 0 spiro atoms. The molecular weight excluding hydrogens is 230 g/mol. The molecular formula is C8H12Cl2PS+. The van der Waals surface area contributed by atoms with Crippen molar-refractivity contribution in [2.45, 2.75) is 13.3 Å². The zero-order valence-electron chi connectivity index (χ0n) is 6.74. The van der Waals surface area contributed by atoms with Crippen LogP contribution in [0.15, 0.2) is 24.3 Å². The van der Waals surface area contributed by atoms with Crippen molar-refractivity contribution < 1.29 is 0 Å². The molecule has 0 amide bonds. The lowest BCUT2D eigenvalue weighted by molar-refractivity contribution is 1.14. The van der Waals surface area contributed by atoms with Crippen LogP contribution in [-0.2, 0) is 18.2 Å². The van der Waals surface area contributed by atoms with Gasteiger partial charge in [0.15, 0.2) is 24.5 Å². The summed E-state index contributed by atoms with van der Waals surface area (Å²) in [4.78, 5) is 0. The van der Waals surface area contributed by atoms with E-state index in [1.807, 2.05) is 0 Å². The molecule has 1 rings (SSSR count). The van der Waals surface area contributed by atoms with Gasteiger partial charge in [0.25, 0.3) is 0 Å². The Balaban J connectivity index is 0. The molecule has 1 unspecified atom stereocenters. The highest BCUT2D eigenvalue weighted by atomic mass is 35.5. The maximum atomic E-state index is 4.95. The van der Waals surface area contributed by atoms with Crippen LogP contribution in [-0.4, -0.2) is 0 Å². The summed E-state index contributed by atoms with van der Waals surface area (Å²) in [5.74, 6) is 0. The van der Waals surface area contributed by atoms with Crippen molar-refractivity contribution in [3.63, 3.8) is 0 Å². The van der Waals surface area contributed by atoms with Crippen molar-refractivity contribution in [3.05, 3.63) is 29.8 Å². The Kier molecular flexibility index (Phi) is 9.81. The van der Waals surface area contributed by atoms with Crippen molar-refractivity contribution in [3.8, 4) is 0 Å². The second kappa shape index (κ2) is 7.94. The van der Waals surface area contributed by atoms with Gasteiger partial charge >= 0.3 is 0 Å². The Bertz CT molecular complexity index is 240. The third-order valence-corrected chi connectivity index (χ3v) is 2.71. The molecule has 0 fully saturated rings. The van der Waals surface area contributed by atoms with Gasteiger partial charge in [0, 0.05) is 0 Å². The molecule has 0 radical (unpaired) electrons. The Hall–Kier alpha value is 0.320. The second-order valence-corrected chi connectivity index (χ2v) is 3.55. The summed E-state index contributed by atoms with van der Waals surface area (Å²) in [6, 6.07) is 8.49. The average Bonchev–Trinajstić information content (AvgIpc) is 2.05. The van der Waals surface area contributed by atoms with Gasteiger partial charge in [-0.15, -0.1) is 24.8 Å². The van der Waals surface area contributed by atoms with Crippen LogP contribution in [0.4, 0.5) is 0 Å². The van der Waals surface area contributed by atoms with E-state index >= 15 is 0 Å². The summed E-state index contributed by atoms with van der Waals surface area (Å²) in [6.45, 7) is 2.16. The molecule has 0 heterocycles. The average molecular weight is 242 g/mol. The lowest BCUT2D eigenvalue weighted by Gasteiger charge is -1.91. The molecule has 12 heavy (non-hydrogen) atoms. The molecule has 1 aromatic rings. The van der Waals surface area contributed by atoms with Crippen LogP contribution in [0, 0.1) is 0 Å². The van der Waals surface area contributed by atoms with Crippen molar-refractivity contribution in [2.24, 2.45) is 0 Å². The summed E-state index contributed by atoms with van der Waals surface area (Å²) in [6.07, 6.45) is 1.10. The molecule has 0 bridgehead atoms. The van der Waals surface area contributed by atoms with Gasteiger partial charge in [0.1, 0.15) is 0 Å². The first kappa shape index (κ1) is 14.8. The Labute approximate surface area is 92.4 Å². The lowest BCUT2D eigenvalue weighted by Crippen LogP contribution is -1.91. The van der Waals surface area contributed by atoms with E-state index in [1.165, 1.54) is 10.9 Å². The molecule has 0 saturated carbocycles. The smallest absolute Gasteiger partial charge is 0.147 e. The van der Waals surface area contributed by atoms with E-state index in [0.29, 0.717) is 7.36 Å². The minimum atomic E-state index is 0. The molecule has 0 saturated heterocycles. The number of rotatable bonds is 2. The number of hydrogen-bond donors (Lipinski definition) is 0. The Morgan fingerprint density at radius 1 is 1.33 bits per heavy atom. The third kappa shape index (κ3) is 4.37. The van der Waals surface area contributed by atoms with Gasteiger partial charge in [-0.1, -0.05) is 19.1 Å². The van der Waals surface area contributed by atoms with Crippen LogP contribution in [0.25, 0.3) is 0 Å². The van der Waals surface area contributed by atoms with E-state index in [-0.39, 0.29) is 24.8 Å². The van der Waals surface area contributed by atoms with Crippen LogP contribution in [0.2, 0.25) is 0 Å². The van der Waals surface area contributed by atoms with Gasteiger partial charge in [-0.3, -0.25) is 0 Å². The standard InChI is InChI=1S/C8H9PS.2ClH/c1-2-7-4-3-5-8(6-7)9-10;;/h3-6H,2H2,1H3;2*1H/p+1. The molecule has 0 aromatic heterocycles. The number of benzene rings is 1. The molecule has 1 aromatic carbocycles. The first-order chi connectivity index (χ1) is 4.86. The normalized spacial score (nSPS) is 8.42. The van der Waals surface area contributed by atoms with Gasteiger partial charge in [-0.25, -0.2) is 0 Å². The Morgan fingerprint density at radius 3 is 2.50 bits per heavy atom. The molecule has 68 valence electrons. The maximum absolute atomic E-state index is 4.95. The minimum absolute atomic E-state index is 0. The fraction of sp³-hybridized carbons (Fsp3) is 0.250. The highest BCUT2D eigenvalue weighted by Gasteiger charge is 1.95. The zero-order valence-corrected chi connectivity index (χ0v) is 10.2. The van der Waals surface area contributed by atoms with Gasteiger partial charge in [0.2, 0.25) is 0 Å². The van der Waals surface area contributed by atoms with Gasteiger partial charge in [-0.2, -0.15) is 0 Å². The predicted molar refractivity (Wildman–Crippen MR) is 65.6 cm³/mol. The van der Waals surface area contributed by atoms with Crippen LogP contribution in [0.5, 0.6) is 0 Å². The summed E-state index contributed by atoms with van der Waals surface area (Å²) >= 11 is 4.95. The summed E-state index contributed by atoms with van der Waals surface area (Å²) in [5.41, 5.74) is 1.38. The third-order valence-electron chi connectivity index (χ3n) is 1.45. The van der Waals surface area contributed by atoms with E-state index in [1.54, 1.807) is 0 Å². The van der Waals surface area contributed by atoms with E-state index in [4.69, 9.17) is 11.8 Å². The first-order valence-corrected chi connectivity index (χ1v) is 5.47. The molecule has 0 aliphatic heterocycles. The van der Waals surface area contributed by atoms with Gasteiger partial charge in [0.05, 0.1) is 0 Å². The van der Waals surface area contributed by atoms with Crippen LogP contribution >= 0.6 is 32.2 Å². The van der Waals surface area contributed by atoms with Crippen LogP contribution in [0.3, 0.4) is 0 Å². The number of hydrogen-bond acceptors (Lipinski definition) is 1. The van der Waals surface area contributed by atoms with E-state index in [0.717, 1.165) is 6.42 Å². The SMILES string of the molecule is CCc1cccc([PH+]=S)c1.Cl.Cl. The van der Waals surface area contributed by atoms with Crippen molar-refractivity contribution in [2.75, 3.05) is 0 Å². The summed E-state index contributed by atoms with van der Waals surface area (Å²) in [5, 5.41) is 1.29. The van der Waals surface area contributed by atoms with E-state index < -0.39 is 0 Å². The highest BCUT2D eigenvalue weighted by molar-refractivity contribution is 7.99. The summed E-state index contributed by atoms with van der Waals surface area (Å²) in [7, 11) is 0.513. The Morgan fingerprint density at radius 2 is 2.00 bits per heavy atom. The van der Waals surface area contributed by atoms with Crippen molar-refractivity contribution in [1.82, 2.24) is 0 Å². The molecule has 0 aliphatic rings. The monoisotopic (exact) mass is 241 g/mol. The van der Waals surface area contributed by atoms with Crippen molar-refractivity contribution >= 4 is 49.3 Å². The molecule has 0 aliphatic carbocycles. The quantitative estimate of drug-likeness (QED) is 0.718. The van der Waals surface area contributed by atoms with Crippen molar-refractivity contribution in [1.29, 1.82) is 0 Å². The molecule has 1 atom stereocenters. The topological polar surface area (TPSA) is 0 Å². The van der Waals surface area contributed by atoms with Crippen LogP contribution in [0.1, 0.15) is 12.5 Å². The van der Waals surface area contributed by atoms with Gasteiger partial charge < -0.3 is 0 Å². The first-order valence-electron chi connectivity index (χ1n) is 3.34. The second-order valence-electron chi connectivity index (χ2n) is 2.16. The minimum Gasteiger partial charge on any atom is -0.147 e. The van der Waals surface area contributed by atoms with Gasteiger partial charge in [-0.05, 0) is 24.1 Å². The van der Waals surface area contributed by atoms with Crippen LogP contribution < -0.4 is 5.30 Å². The fourth-order valence-electron chi connectivity index (χ4n) is 0.855. The maximum Gasteiger partial charge on any atom is 0.198 e. The lowest BCUT2D eigenvalue weighted by atomic mass is 10.2. The zero-order chi connectivity index (χ0) is 7.40. The molecule has 0 N–H and O–H groups in total. The molecule has 0 nitrogen and oxygen atoms in total. The molecule has 4 heteroatoms. The van der Waals surface area contributed by atoms with E-state index in [2.05, 4.69) is 31.2 Å². The number of halogens is 2. The largest absolute Gasteiger partial charge is 0.198 e.